The van der Waals surface area contributed by atoms with Crippen molar-refractivity contribution in [3.05, 3.63) is 35.9 Å². The molecule has 1 saturated carbocycles. The van der Waals surface area contributed by atoms with Gasteiger partial charge in [0, 0.05) is 5.54 Å². The molecule has 0 aromatic heterocycles. The summed E-state index contributed by atoms with van der Waals surface area (Å²) < 4.78 is 0. The van der Waals surface area contributed by atoms with Gasteiger partial charge in [-0.3, -0.25) is 0 Å². The molecule has 0 amide bonds. The molecule has 1 aromatic rings. The van der Waals surface area contributed by atoms with Gasteiger partial charge in [0.05, 0.1) is 0 Å². The van der Waals surface area contributed by atoms with Gasteiger partial charge >= 0.3 is 0 Å². The minimum Gasteiger partial charge on any atom is -0.431 e. The summed E-state index contributed by atoms with van der Waals surface area (Å²) in [5.41, 5.74) is 1.72. The van der Waals surface area contributed by atoms with Gasteiger partial charge in [-0.15, -0.1) is 0 Å². The van der Waals surface area contributed by atoms with E-state index in [1.807, 2.05) is 6.07 Å². The highest BCUT2D eigenvalue weighted by molar-refractivity contribution is 6.28. The fraction of sp³-hybridized carbons (Fsp3) is 0.538. The molecule has 1 unspecified atom stereocenters. The fourth-order valence-corrected chi connectivity index (χ4v) is 3.47. The molecule has 2 heteroatoms. The highest BCUT2D eigenvalue weighted by Crippen LogP contribution is 2.34. The van der Waals surface area contributed by atoms with Gasteiger partial charge in [-0.2, -0.15) is 0 Å². The monoisotopic (exact) mass is 218 g/mol. The molecule has 2 rings (SSSR count). The summed E-state index contributed by atoms with van der Waals surface area (Å²) in [6, 6.07) is 10.5. The number of benzene rings is 1. The Labute approximate surface area is 94.5 Å². The van der Waals surface area contributed by atoms with Crippen LogP contribution in [0.2, 0.25) is 0 Å². The zero-order chi connectivity index (χ0) is 10.5. The van der Waals surface area contributed by atoms with Crippen molar-refractivity contribution in [3.8, 4) is 0 Å². The molecule has 0 aliphatic heterocycles. The number of hydrogen-bond acceptors (Lipinski definition) is 1. The van der Waals surface area contributed by atoms with Crippen LogP contribution in [-0.4, -0.2) is 14.6 Å². The van der Waals surface area contributed by atoms with E-state index in [1.165, 1.54) is 37.7 Å². The molecule has 0 spiro atoms. The van der Waals surface area contributed by atoms with Gasteiger partial charge in [0.25, 0.3) is 0 Å². The van der Waals surface area contributed by atoms with Crippen LogP contribution in [0.3, 0.4) is 0 Å². The van der Waals surface area contributed by atoms with Gasteiger partial charge in [-0.05, 0) is 11.5 Å². The summed E-state index contributed by atoms with van der Waals surface area (Å²) in [7, 11) is 0.0572. The van der Waals surface area contributed by atoms with Crippen molar-refractivity contribution in [3.63, 3.8) is 0 Å². The molecule has 1 atom stereocenters. The Morgan fingerprint density at radius 3 is 2.33 bits per heavy atom. The molecular weight excluding hydrogens is 200 g/mol. The normalized spacial score (nSPS) is 20.1. The SMILES string of the molecule is O[Si]C(c1ccccc1)C1CCCCC1. The summed E-state index contributed by atoms with van der Waals surface area (Å²) in [5, 5.41) is 0. The van der Waals surface area contributed by atoms with Crippen LogP contribution >= 0.6 is 0 Å². The van der Waals surface area contributed by atoms with Crippen LogP contribution in [-0.2, 0) is 0 Å². The van der Waals surface area contributed by atoms with E-state index < -0.39 is 0 Å². The van der Waals surface area contributed by atoms with Crippen LogP contribution in [0.25, 0.3) is 0 Å². The van der Waals surface area contributed by atoms with Crippen LogP contribution in [0.5, 0.6) is 0 Å². The smallest absolute Gasteiger partial charge is 0.232 e. The van der Waals surface area contributed by atoms with E-state index >= 15 is 0 Å². The van der Waals surface area contributed by atoms with Crippen molar-refractivity contribution < 1.29 is 4.80 Å². The number of rotatable bonds is 3. The lowest BCUT2D eigenvalue weighted by Crippen LogP contribution is -2.21. The van der Waals surface area contributed by atoms with Crippen molar-refractivity contribution >= 4 is 9.76 Å². The molecule has 1 fully saturated rings. The second-order valence-electron chi connectivity index (χ2n) is 4.42. The van der Waals surface area contributed by atoms with E-state index in [4.69, 9.17) is 0 Å². The van der Waals surface area contributed by atoms with Crippen LogP contribution in [0.15, 0.2) is 30.3 Å². The molecule has 1 aromatic carbocycles. The van der Waals surface area contributed by atoms with Gasteiger partial charge in [-0.1, -0.05) is 62.4 Å². The summed E-state index contributed by atoms with van der Waals surface area (Å²) in [4.78, 5) is 9.56. The third kappa shape index (κ3) is 2.70. The third-order valence-electron chi connectivity index (χ3n) is 3.42. The molecule has 0 bridgehead atoms. The van der Waals surface area contributed by atoms with Crippen molar-refractivity contribution in [2.45, 2.75) is 37.6 Å². The Kier molecular flexibility index (Phi) is 3.98. The molecule has 0 heterocycles. The molecule has 1 aliphatic carbocycles. The zero-order valence-electron chi connectivity index (χ0n) is 9.02. The van der Waals surface area contributed by atoms with E-state index in [0.29, 0.717) is 11.5 Å². The maximum absolute atomic E-state index is 9.56. The molecule has 80 valence electrons. The summed E-state index contributed by atoms with van der Waals surface area (Å²) in [6.07, 6.45) is 6.67. The van der Waals surface area contributed by atoms with Crippen LogP contribution in [0.4, 0.5) is 0 Å². The molecule has 0 saturated heterocycles. The van der Waals surface area contributed by atoms with Crippen molar-refractivity contribution in [1.82, 2.24) is 0 Å². The Hall–Kier alpha value is -0.603. The van der Waals surface area contributed by atoms with Gasteiger partial charge in [-0.25, -0.2) is 0 Å². The second kappa shape index (κ2) is 5.47. The Balaban J connectivity index is 2.09. The quantitative estimate of drug-likeness (QED) is 0.773. The summed E-state index contributed by atoms with van der Waals surface area (Å²) in [5.74, 6) is 0.712. The first kappa shape index (κ1) is 10.9. The maximum Gasteiger partial charge on any atom is 0.232 e. The van der Waals surface area contributed by atoms with Crippen molar-refractivity contribution in [1.29, 1.82) is 0 Å². The number of hydrogen-bond donors (Lipinski definition) is 1. The lowest BCUT2D eigenvalue weighted by atomic mass is 9.84. The van der Waals surface area contributed by atoms with E-state index in [9.17, 15) is 4.80 Å². The molecule has 15 heavy (non-hydrogen) atoms. The van der Waals surface area contributed by atoms with Crippen LogP contribution < -0.4 is 0 Å². The first-order chi connectivity index (χ1) is 7.42. The lowest BCUT2D eigenvalue weighted by molar-refractivity contribution is 0.336. The Morgan fingerprint density at radius 2 is 1.73 bits per heavy atom. The predicted molar refractivity (Wildman–Crippen MR) is 63.7 cm³/mol. The Bertz CT molecular complexity index is 280. The summed E-state index contributed by atoms with van der Waals surface area (Å²) in [6.45, 7) is 0. The Morgan fingerprint density at radius 1 is 1.07 bits per heavy atom. The standard InChI is InChI=1S/C13H18OSi/c14-15-13(11-7-3-1-4-8-11)12-9-5-2-6-10-12/h1,3-4,7-8,12-14H,2,5-6,9-10H2. The minimum atomic E-state index is 0.0572. The summed E-state index contributed by atoms with van der Waals surface area (Å²) >= 11 is 0. The minimum absolute atomic E-state index is 0.0572. The van der Waals surface area contributed by atoms with E-state index in [2.05, 4.69) is 24.3 Å². The van der Waals surface area contributed by atoms with Gasteiger partial charge in [0.1, 0.15) is 0 Å². The van der Waals surface area contributed by atoms with Crippen molar-refractivity contribution in [2.75, 3.05) is 0 Å². The molecule has 1 N–H and O–H groups in total. The fourth-order valence-electron chi connectivity index (χ4n) is 2.58. The maximum atomic E-state index is 9.56. The van der Waals surface area contributed by atoms with Gasteiger partial charge in [0.15, 0.2) is 0 Å². The van der Waals surface area contributed by atoms with Gasteiger partial charge < -0.3 is 4.80 Å². The van der Waals surface area contributed by atoms with Crippen molar-refractivity contribution in [2.24, 2.45) is 5.92 Å². The highest BCUT2D eigenvalue weighted by atomic mass is 28.2. The first-order valence-electron chi connectivity index (χ1n) is 5.86. The average Bonchev–Trinajstić information content (AvgIpc) is 2.33. The molecular formula is C13H18OSi. The first-order valence-corrected chi connectivity index (χ1v) is 6.89. The molecule has 1 aliphatic rings. The van der Waals surface area contributed by atoms with Crippen LogP contribution in [0, 0.1) is 5.92 Å². The third-order valence-corrected chi connectivity index (χ3v) is 4.50. The highest BCUT2D eigenvalue weighted by Gasteiger charge is 2.25. The lowest BCUT2D eigenvalue weighted by Gasteiger charge is -2.28. The average molecular weight is 218 g/mol. The van der Waals surface area contributed by atoms with Gasteiger partial charge in [0.2, 0.25) is 9.76 Å². The zero-order valence-corrected chi connectivity index (χ0v) is 10.0. The second-order valence-corrected chi connectivity index (χ2v) is 5.30. The van der Waals surface area contributed by atoms with E-state index in [0.717, 1.165) is 0 Å². The predicted octanol–water partition coefficient (Wildman–Crippen LogP) is 2.92. The van der Waals surface area contributed by atoms with E-state index in [1.54, 1.807) is 0 Å². The molecule has 2 radical (unpaired) electrons. The van der Waals surface area contributed by atoms with E-state index in [-0.39, 0.29) is 9.76 Å². The largest absolute Gasteiger partial charge is 0.431 e. The molecule has 1 nitrogen and oxygen atoms in total. The topological polar surface area (TPSA) is 20.2 Å². The van der Waals surface area contributed by atoms with Crippen LogP contribution in [0.1, 0.15) is 43.2 Å².